The summed E-state index contributed by atoms with van der Waals surface area (Å²) in [5.74, 6) is 0.639. The standard InChI is InChI=1S/C21H16BrN3O/c1-13-9-10-14(20-23-17-7-2-3-8-18(17)24-20)12-19(13)25-21(26)15-5-4-6-16(22)11-15/h2-12H,1H3,(H,23,24)(H,25,26). The van der Waals surface area contributed by atoms with Gasteiger partial charge < -0.3 is 10.3 Å². The van der Waals surface area contributed by atoms with E-state index in [-0.39, 0.29) is 5.91 Å². The number of nitrogens with one attached hydrogen (secondary N) is 2. The zero-order chi connectivity index (χ0) is 18.1. The Balaban J connectivity index is 1.67. The second-order valence-corrected chi connectivity index (χ2v) is 7.01. The number of anilines is 1. The Labute approximate surface area is 159 Å². The number of benzene rings is 3. The van der Waals surface area contributed by atoms with Gasteiger partial charge in [0.1, 0.15) is 5.82 Å². The van der Waals surface area contributed by atoms with E-state index in [4.69, 9.17) is 0 Å². The van der Waals surface area contributed by atoms with E-state index in [0.717, 1.165) is 38.1 Å². The Kier molecular flexibility index (Phi) is 4.31. The third-order valence-corrected chi connectivity index (χ3v) is 4.73. The monoisotopic (exact) mass is 405 g/mol. The van der Waals surface area contributed by atoms with Gasteiger partial charge in [0.15, 0.2) is 0 Å². The number of halogens is 1. The van der Waals surface area contributed by atoms with Gasteiger partial charge in [-0.25, -0.2) is 4.98 Å². The molecule has 1 aromatic heterocycles. The summed E-state index contributed by atoms with van der Waals surface area (Å²) in [6.07, 6.45) is 0. The number of nitrogens with zero attached hydrogens (tertiary/aromatic N) is 1. The summed E-state index contributed by atoms with van der Waals surface area (Å²) in [4.78, 5) is 20.5. The van der Waals surface area contributed by atoms with E-state index in [0.29, 0.717) is 5.56 Å². The number of rotatable bonds is 3. The second kappa shape index (κ2) is 6.77. The fraction of sp³-hybridized carbons (Fsp3) is 0.0476. The highest BCUT2D eigenvalue weighted by Crippen LogP contribution is 2.26. The molecule has 0 fully saturated rings. The largest absolute Gasteiger partial charge is 0.338 e. The Morgan fingerprint density at radius 2 is 1.88 bits per heavy atom. The minimum atomic E-state index is -0.142. The molecule has 3 aromatic carbocycles. The molecule has 1 heterocycles. The molecule has 0 saturated heterocycles. The van der Waals surface area contributed by atoms with E-state index in [1.54, 1.807) is 12.1 Å². The molecule has 0 radical (unpaired) electrons. The van der Waals surface area contributed by atoms with Crippen LogP contribution in [0.2, 0.25) is 0 Å². The maximum atomic E-state index is 12.6. The van der Waals surface area contributed by atoms with Gasteiger partial charge in [-0.15, -0.1) is 0 Å². The van der Waals surface area contributed by atoms with Gasteiger partial charge >= 0.3 is 0 Å². The highest BCUT2D eigenvalue weighted by Gasteiger charge is 2.11. The average molecular weight is 406 g/mol. The topological polar surface area (TPSA) is 57.8 Å². The molecule has 0 aliphatic rings. The molecule has 0 aliphatic carbocycles. The number of amides is 1. The summed E-state index contributed by atoms with van der Waals surface area (Å²) < 4.78 is 0.873. The van der Waals surface area contributed by atoms with Crippen LogP contribution in [0.5, 0.6) is 0 Å². The van der Waals surface area contributed by atoms with Crippen molar-refractivity contribution in [3.63, 3.8) is 0 Å². The summed E-state index contributed by atoms with van der Waals surface area (Å²) in [5.41, 5.74) is 5.20. The van der Waals surface area contributed by atoms with Crippen LogP contribution in [0.25, 0.3) is 22.4 Å². The van der Waals surface area contributed by atoms with Crippen LogP contribution in [0, 0.1) is 6.92 Å². The first-order chi connectivity index (χ1) is 12.6. The minimum absolute atomic E-state index is 0.142. The van der Waals surface area contributed by atoms with Crippen molar-refractivity contribution in [2.75, 3.05) is 5.32 Å². The van der Waals surface area contributed by atoms with Crippen LogP contribution in [0.15, 0.2) is 71.2 Å². The van der Waals surface area contributed by atoms with Crippen LogP contribution < -0.4 is 5.32 Å². The van der Waals surface area contributed by atoms with Crippen LogP contribution in [0.1, 0.15) is 15.9 Å². The predicted octanol–water partition coefficient (Wildman–Crippen LogP) is 5.55. The lowest BCUT2D eigenvalue weighted by Crippen LogP contribution is -2.12. The molecule has 0 bridgehead atoms. The molecule has 0 saturated carbocycles. The van der Waals surface area contributed by atoms with Crippen LogP contribution in [-0.2, 0) is 0 Å². The molecule has 0 atom stereocenters. The molecule has 128 valence electrons. The highest BCUT2D eigenvalue weighted by atomic mass is 79.9. The van der Waals surface area contributed by atoms with E-state index in [1.807, 2.05) is 61.5 Å². The molecule has 2 N–H and O–H groups in total. The average Bonchev–Trinajstić information content (AvgIpc) is 3.07. The summed E-state index contributed by atoms with van der Waals surface area (Å²) in [6.45, 7) is 1.97. The normalized spacial score (nSPS) is 10.8. The number of H-pyrrole nitrogens is 1. The van der Waals surface area contributed by atoms with Gasteiger partial charge in [-0.3, -0.25) is 4.79 Å². The van der Waals surface area contributed by atoms with E-state index in [2.05, 4.69) is 31.2 Å². The number of aromatic amines is 1. The van der Waals surface area contributed by atoms with Crippen molar-refractivity contribution in [3.05, 3.63) is 82.3 Å². The number of carbonyl (C=O) groups excluding carboxylic acids is 1. The lowest BCUT2D eigenvalue weighted by molar-refractivity contribution is 0.102. The van der Waals surface area contributed by atoms with Crippen molar-refractivity contribution in [2.24, 2.45) is 0 Å². The molecule has 26 heavy (non-hydrogen) atoms. The number of hydrogen-bond acceptors (Lipinski definition) is 2. The quantitative estimate of drug-likeness (QED) is 0.469. The zero-order valence-corrected chi connectivity index (χ0v) is 15.7. The Morgan fingerprint density at radius 3 is 2.69 bits per heavy atom. The van der Waals surface area contributed by atoms with E-state index in [1.165, 1.54) is 0 Å². The first kappa shape index (κ1) is 16.5. The number of imidazole rings is 1. The number of aryl methyl sites for hydroxylation is 1. The fourth-order valence-electron chi connectivity index (χ4n) is 2.82. The summed E-state index contributed by atoms with van der Waals surface area (Å²) >= 11 is 3.40. The smallest absolute Gasteiger partial charge is 0.255 e. The lowest BCUT2D eigenvalue weighted by Gasteiger charge is -2.10. The number of carbonyl (C=O) groups is 1. The first-order valence-electron chi connectivity index (χ1n) is 8.23. The molecule has 4 aromatic rings. The molecule has 1 amide bonds. The maximum absolute atomic E-state index is 12.6. The Hall–Kier alpha value is -2.92. The number of para-hydroxylation sites is 2. The lowest BCUT2D eigenvalue weighted by atomic mass is 10.1. The molecular weight excluding hydrogens is 390 g/mol. The van der Waals surface area contributed by atoms with Crippen molar-refractivity contribution >= 4 is 38.6 Å². The maximum Gasteiger partial charge on any atom is 0.255 e. The Morgan fingerprint density at radius 1 is 1.04 bits per heavy atom. The third kappa shape index (κ3) is 3.26. The minimum Gasteiger partial charge on any atom is -0.338 e. The van der Waals surface area contributed by atoms with Crippen molar-refractivity contribution in [1.29, 1.82) is 0 Å². The van der Waals surface area contributed by atoms with Crippen LogP contribution in [-0.4, -0.2) is 15.9 Å². The summed E-state index contributed by atoms with van der Waals surface area (Å²) in [7, 11) is 0. The summed E-state index contributed by atoms with van der Waals surface area (Å²) in [6, 6.07) is 21.2. The van der Waals surface area contributed by atoms with E-state index in [9.17, 15) is 4.79 Å². The van der Waals surface area contributed by atoms with Gasteiger partial charge in [0.25, 0.3) is 5.91 Å². The molecule has 5 heteroatoms. The third-order valence-electron chi connectivity index (χ3n) is 4.24. The molecule has 0 spiro atoms. The van der Waals surface area contributed by atoms with Gasteiger partial charge in [-0.05, 0) is 48.9 Å². The molecule has 4 rings (SSSR count). The van der Waals surface area contributed by atoms with Crippen LogP contribution >= 0.6 is 15.9 Å². The number of fused-ring (bicyclic) bond motifs is 1. The van der Waals surface area contributed by atoms with Gasteiger partial charge in [-0.1, -0.05) is 46.3 Å². The van der Waals surface area contributed by atoms with Gasteiger partial charge in [-0.2, -0.15) is 0 Å². The van der Waals surface area contributed by atoms with Gasteiger partial charge in [0.05, 0.1) is 11.0 Å². The molecule has 0 aliphatic heterocycles. The van der Waals surface area contributed by atoms with Crippen molar-refractivity contribution in [2.45, 2.75) is 6.92 Å². The highest BCUT2D eigenvalue weighted by molar-refractivity contribution is 9.10. The SMILES string of the molecule is Cc1ccc(-c2nc3ccccc3[nH]2)cc1NC(=O)c1cccc(Br)c1. The summed E-state index contributed by atoms with van der Waals surface area (Å²) in [5, 5.41) is 3.00. The van der Waals surface area contributed by atoms with Crippen LogP contribution in [0.4, 0.5) is 5.69 Å². The zero-order valence-electron chi connectivity index (χ0n) is 14.1. The molecular formula is C21H16BrN3O. The fourth-order valence-corrected chi connectivity index (χ4v) is 3.22. The van der Waals surface area contributed by atoms with Gasteiger partial charge in [0, 0.05) is 21.3 Å². The van der Waals surface area contributed by atoms with Crippen LogP contribution in [0.3, 0.4) is 0 Å². The second-order valence-electron chi connectivity index (χ2n) is 6.10. The molecule has 4 nitrogen and oxygen atoms in total. The van der Waals surface area contributed by atoms with E-state index >= 15 is 0 Å². The molecule has 0 unspecified atom stereocenters. The van der Waals surface area contributed by atoms with Gasteiger partial charge in [0.2, 0.25) is 0 Å². The predicted molar refractivity (Wildman–Crippen MR) is 108 cm³/mol. The van der Waals surface area contributed by atoms with Crippen molar-refractivity contribution in [3.8, 4) is 11.4 Å². The van der Waals surface area contributed by atoms with Crippen molar-refractivity contribution < 1.29 is 4.79 Å². The van der Waals surface area contributed by atoms with E-state index < -0.39 is 0 Å². The number of aromatic nitrogens is 2. The Bertz CT molecular complexity index is 1080. The number of hydrogen-bond donors (Lipinski definition) is 2. The first-order valence-corrected chi connectivity index (χ1v) is 9.02. The van der Waals surface area contributed by atoms with Crippen molar-refractivity contribution in [1.82, 2.24) is 9.97 Å².